The van der Waals surface area contributed by atoms with E-state index in [-0.39, 0.29) is 0 Å². The van der Waals surface area contributed by atoms with Gasteiger partial charge in [-0.1, -0.05) is 13.8 Å². The predicted molar refractivity (Wildman–Crippen MR) is 94.3 cm³/mol. The first-order valence-corrected chi connectivity index (χ1v) is 9.71. The molecule has 3 heterocycles. The third-order valence-corrected chi connectivity index (χ3v) is 6.60. The number of rotatable bonds is 3. The van der Waals surface area contributed by atoms with Gasteiger partial charge in [-0.25, -0.2) is 0 Å². The number of hydrogen-bond acceptors (Lipinski definition) is 3. The molecule has 128 valence electrons. The van der Waals surface area contributed by atoms with E-state index in [1.807, 2.05) is 0 Å². The van der Waals surface area contributed by atoms with Gasteiger partial charge in [0.25, 0.3) is 0 Å². The standard InChI is InChI=1S/C19H37N3/c1-17(2)16-21-10-4-18(5-11-21)22-14-8-19(9-15-22)6-12-20(3)13-7-19/h17-18H,4-16H2,1-3H3. The summed E-state index contributed by atoms with van der Waals surface area (Å²) in [6.45, 7) is 14.0. The van der Waals surface area contributed by atoms with E-state index >= 15 is 0 Å². The lowest BCUT2D eigenvalue weighted by Gasteiger charge is -2.49. The second kappa shape index (κ2) is 7.19. The molecular formula is C19H37N3. The Labute approximate surface area is 138 Å². The van der Waals surface area contributed by atoms with Crippen LogP contribution in [0.25, 0.3) is 0 Å². The van der Waals surface area contributed by atoms with Gasteiger partial charge in [0, 0.05) is 12.6 Å². The molecule has 0 aromatic rings. The fourth-order valence-electron chi connectivity index (χ4n) is 4.94. The van der Waals surface area contributed by atoms with Crippen LogP contribution in [-0.2, 0) is 0 Å². The maximum atomic E-state index is 2.84. The van der Waals surface area contributed by atoms with Crippen molar-refractivity contribution in [2.45, 2.75) is 58.4 Å². The minimum absolute atomic E-state index is 0.710. The summed E-state index contributed by atoms with van der Waals surface area (Å²) in [5.74, 6) is 0.816. The summed E-state index contributed by atoms with van der Waals surface area (Å²) in [6.07, 6.45) is 8.64. The van der Waals surface area contributed by atoms with Gasteiger partial charge in [0.15, 0.2) is 0 Å². The fraction of sp³-hybridized carbons (Fsp3) is 1.00. The van der Waals surface area contributed by atoms with Crippen molar-refractivity contribution in [3.05, 3.63) is 0 Å². The molecule has 3 heteroatoms. The molecule has 0 amide bonds. The average Bonchev–Trinajstić information content (AvgIpc) is 2.52. The largest absolute Gasteiger partial charge is 0.306 e. The van der Waals surface area contributed by atoms with Crippen molar-refractivity contribution < 1.29 is 0 Å². The van der Waals surface area contributed by atoms with Crippen molar-refractivity contribution in [3.63, 3.8) is 0 Å². The minimum atomic E-state index is 0.710. The number of nitrogens with zero attached hydrogens (tertiary/aromatic N) is 3. The Kier molecular flexibility index (Phi) is 5.47. The van der Waals surface area contributed by atoms with Gasteiger partial charge in [-0.05, 0) is 96.2 Å². The average molecular weight is 308 g/mol. The Bertz CT molecular complexity index is 329. The second-order valence-corrected chi connectivity index (χ2v) is 8.76. The smallest absolute Gasteiger partial charge is 0.0120 e. The van der Waals surface area contributed by atoms with Crippen molar-refractivity contribution in [1.82, 2.24) is 14.7 Å². The zero-order valence-corrected chi connectivity index (χ0v) is 15.2. The van der Waals surface area contributed by atoms with Gasteiger partial charge in [-0.15, -0.1) is 0 Å². The van der Waals surface area contributed by atoms with Crippen molar-refractivity contribution >= 4 is 0 Å². The maximum Gasteiger partial charge on any atom is 0.0120 e. The Hall–Kier alpha value is -0.120. The highest BCUT2D eigenvalue weighted by Gasteiger charge is 2.38. The van der Waals surface area contributed by atoms with Crippen molar-refractivity contribution in [3.8, 4) is 0 Å². The van der Waals surface area contributed by atoms with Crippen molar-refractivity contribution in [2.75, 3.05) is 52.9 Å². The topological polar surface area (TPSA) is 9.72 Å². The van der Waals surface area contributed by atoms with E-state index in [2.05, 4.69) is 35.6 Å². The summed E-state index contributed by atoms with van der Waals surface area (Å²) in [7, 11) is 2.28. The van der Waals surface area contributed by atoms with Crippen LogP contribution in [0.4, 0.5) is 0 Å². The predicted octanol–water partition coefficient (Wildman–Crippen LogP) is 2.91. The Morgan fingerprint density at radius 1 is 0.864 bits per heavy atom. The Morgan fingerprint density at radius 2 is 1.41 bits per heavy atom. The molecule has 3 saturated heterocycles. The van der Waals surface area contributed by atoms with Crippen LogP contribution in [0.15, 0.2) is 0 Å². The molecule has 0 saturated carbocycles. The first-order valence-electron chi connectivity index (χ1n) is 9.71. The molecule has 3 nitrogen and oxygen atoms in total. The Balaban J connectivity index is 1.43. The lowest BCUT2D eigenvalue weighted by atomic mass is 9.71. The van der Waals surface area contributed by atoms with Crippen LogP contribution < -0.4 is 0 Å². The zero-order valence-electron chi connectivity index (χ0n) is 15.2. The van der Waals surface area contributed by atoms with Gasteiger partial charge >= 0.3 is 0 Å². The quantitative estimate of drug-likeness (QED) is 0.794. The van der Waals surface area contributed by atoms with Gasteiger partial charge in [-0.2, -0.15) is 0 Å². The highest BCUT2D eigenvalue weighted by Crippen LogP contribution is 2.41. The van der Waals surface area contributed by atoms with Gasteiger partial charge in [-0.3, -0.25) is 0 Å². The van der Waals surface area contributed by atoms with Crippen LogP contribution in [0, 0.1) is 11.3 Å². The summed E-state index contributed by atoms with van der Waals surface area (Å²) in [4.78, 5) is 8.04. The molecule has 0 aromatic carbocycles. The summed E-state index contributed by atoms with van der Waals surface area (Å²) in [6, 6.07) is 0.882. The van der Waals surface area contributed by atoms with Gasteiger partial charge in [0.2, 0.25) is 0 Å². The maximum absolute atomic E-state index is 2.84. The van der Waals surface area contributed by atoms with Crippen LogP contribution in [0.3, 0.4) is 0 Å². The van der Waals surface area contributed by atoms with Crippen LogP contribution in [-0.4, -0.2) is 73.6 Å². The third-order valence-electron chi connectivity index (χ3n) is 6.60. The molecule has 3 aliphatic rings. The summed E-state index contributed by atoms with van der Waals surface area (Å²) >= 11 is 0. The molecule has 0 aliphatic carbocycles. The molecule has 0 unspecified atom stereocenters. The molecule has 3 rings (SSSR count). The lowest BCUT2D eigenvalue weighted by molar-refractivity contribution is 0.0106. The van der Waals surface area contributed by atoms with Gasteiger partial charge in [0.1, 0.15) is 0 Å². The molecule has 1 spiro atoms. The zero-order chi connectivity index (χ0) is 15.6. The first kappa shape index (κ1) is 16.7. The van der Waals surface area contributed by atoms with E-state index in [9.17, 15) is 0 Å². The van der Waals surface area contributed by atoms with Crippen LogP contribution in [0.1, 0.15) is 52.4 Å². The fourth-order valence-corrected chi connectivity index (χ4v) is 4.94. The number of piperidine rings is 3. The van der Waals surface area contributed by atoms with E-state index < -0.39 is 0 Å². The van der Waals surface area contributed by atoms with E-state index in [0.29, 0.717) is 5.41 Å². The molecule has 0 aromatic heterocycles. The highest BCUT2D eigenvalue weighted by molar-refractivity contribution is 4.92. The van der Waals surface area contributed by atoms with E-state index in [1.165, 1.54) is 84.3 Å². The molecular weight excluding hydrogens is 270 g/mol. The van der Waals surface area contributed by atoms with Crippen LogP contribution in [0.5, 0.6) is 0 Å². The molecule has 0 atom stereocenters. The minimum Gasteiger partial charge on any atom is -0.306 e. The second-order valence-electron chi connectivity index (χ2n) is 8.76. The van der Waals surface area contributed by atoms with Gasteiger partial charge < -0.3 is 14.7 Å². The Morgan fingerprint density at radius 3 is 1.95 bits per heavy atom. The highest BCUT2D eigenvalue weighted by atomic mass is 15.2. The van der Waals surface area contributed by atoms with Gasteiger partial charge in [0.05, 0.1) is 0 Å². The summed E-state index contributed by atoms with van der Waals surface area (Å²) in [5, 5.41) is 0. The molecule has 0 bridgehead atoms. The van der Waals surface area contributed by atoms with Crippen LogP contribution in [0.2, 0.25) is 0 Å². The molecule has 3 fully saturated rings. The number of hydrogen-bond donors (Lipinski definition) is 0. The summed E-state index contributed by atoms with van der Waals surface area (Å²) in [5.41, 5.74) is 0.710. The molecule has 0 radical (unpaired) electrons. The third kappa shape index (κ3) is 4.04. The monoisotopic (exact) mass is 307 g/mol. The molecule has 0 N–H and O–H groups in total. The van der Waals surface area contributed by atoms with Crippen molar-refractivity contribution in [1.29, 1.82) is 0 Å². The SMILES string of the molecule is CC(C)CN1CCC(N2CCC3(CCN(C)CC3)CC2)CC1. The molecule has 3 aliphatic heterocycles. The van der Waals surface area contributed by atoms with Crippen LogP contribution >= 0.6 is 0 Å². The number of likely N-dealkylation sites (tertiary alicyclic amines) is 3. The normalized spacial score (nSPS) is 29.5. The summed E-state index contributed by atoms with van der Waals surface area (Å²) < 4.78 is 0. The first-order chi connectivity index (χ1) is 10.6. The molecule has 22 heavy (non-hydrogen) atoms. The van der Waals surface area contributed by atoms with Crippen molar-refractivity contribution in [2.24, 2.45) is 11.3 Å². The van der Waals surface area contributed by atoms with E-state index in [0.717, 1.165) is 12.0 Å². The van der Waals surface area contributed by atoms with E-state index in [4.69, 9.17) is 0 Å². The lowest BCUT2D eigenvalue weighted by Crippen LogP contribution is -2.51. The van der Waals surface area contributed by atoms with E-state index in [1.54, 1.807) is 0 Å².